The highest BCUT2D eigenvalue weighted by molar-refractivity contribution is 8.31. The second-order valence-corrected chi connectivity index (χ2v) is 4.05. The minimum Gasteiger partial charge on any atom is -0.197 e. The summed E-state index contributed by atoms with van der Waals surface area (Å²) >= 11 is 0. The normalized spacial score (nSPS) is 9.67. The molecule has 0 saturated heterocycles. The summed E-state index contributed by atoms with van der Waals surface area (Å²) in [5.74, 6) is 0. The zero-order valence-electron chi connectivity index (χ0n) is 2.48. The number of hydrogen-bond donors (Lipinski definition) is 0. The minimum absolute atomic E-state index is 0. The van der Waals surface area contributed by atoms with Crippen LogP contribution in [0, 0.1) is 0 Å². The van der Waals surface area contributed by atoms with Crippen molar-refractivity contribution in [3.8, 4) is 0 Å². The van der Waals surface area contributed by atoms with E-state index in [0.29, 0.717) is 0 Å². The van der Waals surface area contributed by atoms with Gasteiger partial charge in [-0.15, -0.1) is 0 Å². The molecule has 0 amide bonds. The number of rotatable bonds is 0. The molecule has 0 fully saturated rings. The highest BCUT2D eigenvalue weighted by Gasteiger charge is 1.88. The molecule has 0 bridgehead atoms. The first-order valence-corrected chi connectivity index (χ1v) is 3.78. The van der Waals surface area contributed by atoms with E-state index in [9.17, 15) is 0 Å². The van der Waals surface area contributed by atoms with Crippen molar-refractivity contribution in [2.75, 3.05) is 0 Å². The molecular weight excluding hydrogens is 167 g/mol. The van der Waals surface area contributed by atoms with Gasteiger partial charge in [-0.25, -0.2) is 0 Å². The molecule has 0 aliphatic heterocycles. The van der Waals surface area contributed by atoms with Gasteiger partial charge in [-0.2, -0.15) is 21.9 Å². The first kappa shape index (κ1) is 9.99. The summed E-state index contributed by atoms with van der Waals surface area (Å²) in [6, 6.07) is 0. The lowest BCUT2D eigenvalue weighted by molar-refractivity contribution is 0.621. The van der Waals surface area contributed by atoms with Gasteiger partial charge in [0.1, 0.15) is 0 Å². The maximum Gasteiger partial charge on any atom is 0.317 e. The summed E-state index contributed by atoms with van der Waals surface area (Å²) in [6.07, 6.45) is 0. The van der Waals surface area contributed by atoms with E-state index in [1.807, 2.05) is 0 Å². The van der Waals surface area contributed by atoms with Crippen LogP contribution >= 0.6 is 34.9 Å². The zero-order chi connectivity index (χ0) is 4.50. The van der Waals surface area contributed by atoms with Crippen molar-refractivity contribution in [1.82, 2.24) is 0 Å². The lowest BCUT2D eigenvalue weighted by Gasteiger charge is -1.61. The van der Waals surface area contributed by atoms with E-state index in [0.717, 1.165) is 0 Å². The number of halogens is 2. The average Bonchev–Trinajstić information content (AvgIpc) is 0.722. The molecule has 40 valence electrons. The van der Waals surface area contributed by atoms with Crippen molar-refractivity contribution >= 4 is 43.1 Å². The predicted molar refractivity (Wildman–Crippen MR) is 31.0 cm³/mol. The Hall–Kier alpha value is 0.880. The number of hydrogen-bond acceptors (Lipinski definition) is 2. The molecule has 0 aliphatic rings. The second kappa shape index (κ2) is 2.96. The van der Waals surface area contributed by atoms with Crippen LogP contribution in [0.15, 0.2) is 0 Å². The largest absolute Gasteiger partial charge is 0.317 e. The molecule has 6 heavy (non-hydrogen) atoms. The summed E-state index contributed by atoms with van der Waals surface area (Å²) < 4.78 is 18.3. The summed E-state index contributed by atoms with van der Waals surface area (Å²) in [5, 5.41) is 0. The highest BCUT2D eigenvalue weighted by atomic mass is 36.0. The van der Waals surface area contributed by atoms with Gasteiger partial charge in [-0.3, -0.25) is 0 Å². The van der Waals surface area contributed by atoms with E-state index in [1.165, 1.54) is 0 Å². The van der Waals surface area contributed by atoms with Gasteiger partial charge in [0.15, 0.2) is 0 Å². The van der Waals surface area contributed by atoms with Crippen LogP contribution in [0.2, 0.25) is 0 Å². The molecule has 2 nitrogen and oxygen atoms in total. The van der Waals surface area contributed by atoms with Gasteiger partial charge in [0.2, 0.25) is 0 Å². The standard InChI is InChI=1S/Cl2O2S.H2S/c1-5(2,3)4;/h;1H2. The summed E-state index contributed by atoms with van der Waals surface area (Å²) in [7, 11) is 4.81. The quantitative estimate of drug-likeness (QED) is 0.503. The Kier molecular flexibility index (Phi) is 4.92. The zero-order valence-corrected chi connectivity index (χ0v) is 5.81. The van der Waals surface area contributed by atoms with Crippen molar-refractivity contribution in [2.24, 2.45) is 0 Å². The van der Waals surface area contributed by atoms with Gasteiger partial charge >= 0.3 is 8.26 Å². The van der Waals surface area contributed by atoms with Gasteiger partial charge in [-0.1, -0.05) is 0 Å². The van der Waals surface area contributed by atoms with Crippen LogP contribution < -0.4 is 0 Å². The van der Waals surface area contributed by atoms with Crippen molar-refractivity contribution in [3.05, 3.63) is 0 Å². The summed E-state index contributed by atoms with van der Waals surface area (Å²) in [5.41, 5.74) is 0. The van der Waals surface area contributed by atoms with E-state index in [1.54, 1.807) is 0 Å². The van der Waals surface area contributed by atoms with Gasteiger partial charge in [0.05, 0.1) is 0 Å². The fourth-order valence-electron chi connectivity index (χ4n) is 0. The van der Waals surface area contributed by atoms with Crippen LogP contribution in [-0.2, 0) is 8.26 Å². The third kappa shape index (κ3) is 94.9. The molecule has 0 aromatic heterocycles. The molecule has 0 radical (unpaired) electrons. The molecule has 0 aromatic rings. The topological polar surface area (TPSA) is 34.1 Å². The van der Waals surface area contributed by atoms with Crippen LogP contribution in [-0.4, -0.2) is 8.42 Å². The Labute approximate surface area is 51.8 Å². The Morgan fingerprint density at radius 2 is 1.17 bits per heavy atom. The monoisotopic (exact) mass is 168 g/mol. The molecule has 0 unspecified atom stereocenters. The van der Waals surface area contributed by atoms with E-state index >= 15 is 0 Å². The van der Waals surface area contributed by atoms with E-state index in [-0.39, 0.29) is 13.5 Å². The molecular formula is H2Cl2O2S2. The molecule has 0 spiro atoms. The smallest absolute Gasteiger partial charge is 0.197 e. The van der Waals surface area contributed by atoms with Crippen molar-refractivity contribution in [2.45, 2.75) is 0 Å². The Bertz CT molecular complexity index is 92.7. The molecule has 0 aliphatic carbocycles. The van der Waals surface area contributed by atoms with Crippen LogP contribution in [0.5, 0.6) is 0 Å². The Morgan fingerprint density at radius 3 is 1.17 bits per heavy atom. The second-order valence-electron chi connectivity index (χ2n) is 0.378. The van der Waals surface area contributed by atoms with E-state index < -0.39 is 8.26 Å². The fraction of sp³-hybridized carbons (Fsp3) is 0. The van der Waals surface area contributed by atoms with Crippen molar-refractivity contribution in [1.29, 1.82) is 0 Å². The molecule has 0 saturated carbocycles. The van der Waals surface area contributed by atoms with Gasteiger partial charge in [-0.05, 0) is 0 Å². The van der Waals surface area contributed by atoms with E-state index in [2.05, 4.69) is 21.4 Å². The molecule has 0 heterocycles. The molecule has 0 N–H and O–H groups in total. The Morgan fingerprint density at radius 1 is 1.17 bits per heavy atom. The molecule has 0 aromatic carbocycles. The van der Waals surface area contributed by atoms with Crippen LogP contribution in [0.3, 0.4) is 0 Å². The average molecular weight is 169 g/mol. The summed E-state index contributed by atoms with van der Waals surface area (Å²) in [4.78, 5) is 0. The SMILES string of the molecule is O=S(=O)(Cl)Cl.S. The highest BCUT2D eigenvalue weighted by Crippen LogP contribution is 1.98. The molecule has 0 atom stereocenters. The lowest BCUT2D eigenvalue weighted by atomic mass is 15.9. The predicted octanol–water partition coefficient (Wildman–Crippen LogP) is 0.822. The fourth-order valence-corrected chi connectivity index (χ4v) is 0. The Balaban J connectivity index is 0. The molecule has 0 rings (SSSR count). The minimum atomic E-state index is -3.72. The first-order chi connectivity index (χ1) is 2.00. The summed E-state index contributed by atoms with van der Waals surface area (Å²) in [6.45, 7) is 0. The molecule has 6 heteroatoms. The van der Waals surface area contributed by atoms with Gasteiger partial charge in [0, 0.05) is 21.4 Å². The van der Waals surface area contributed by atoms with Crippen LogP contribution in [0.4, 0.5) is 0 Å². The third-order valence-corrected chi connectivity index (χ3v) is 0. The third-order valence-electron chi connectivity index (χ3n) is 0. The first-order valence-electron chi connectivity index (χ1n) is 0.642. The maximum absolute atomic E-state index is 9.16. The van der Waals surface area contributed by atoms with Crippen molar-refractivity contribution < 1.29 is 8.42 Å². The lowest BCUT2D eigenvalue weighted by Crippen LogP contribution is -1.63. The van der Waals surface area contributed by atoms with Crippen LogP contribution in [0.25, 0.3) is 0 Å². The van der Waals surface area contributed by atoms with Crippen LogP contribution in [0.1, 0.15) is 0 Å². The van der Waals surface area contributed by atoms with Crippen molar-refractivity contribution in [3.63, 3.8) is 0 Å². The van der Waals surface area contributed by atoms with Gasteiger partial charge < -0.3 is 0 Å². The van der Waals surface area contributed by atoms with Gasteiger partial charge in [0.25, 0.3) is 0 Å². The maximum atomic E-state index is 9.16. The van der Waals surface area contributed by atoms with E-state index in [4.69, 9.17) is 8.42 Å².